The highest BCUT2D eigenvalue weighted by Crippen LogP contribution is 2.31. The van der Waals surface area contributed by atoms with Gasteiger partial charge >= 0.3 is 0 Å². The minimum absolute atomic E-state index is 0.0834. The lowest BCUT2D eigenvalue weighted by Crippen LogP contribution is -2.12. The van der Waals surface area contributed by atoms with E-state index in [2.05, 4.69) is 20.7 Å². The molecule has 0 spiro atoms. The van der Waals surface area contributed by atoms with Gasteiger partial charge in [-0.2, -0.15) is 5.26 Å². The Bertz CT molecular complexity index is 807. The van der Waals surface area contributed by atoms with Crippen LogP contribution in [0.25, 0.3) is 0 Å². The molecule has 5 nitrogen and oxygen atoms in total. The first kappa shape index (κ1) is 14.8. The Hall–Kier alpha value is -1.56. The van der Waals surface area contributed by atoms with Crippen LogP contribution in [0.4, 0.5) is 11.4 Å². The Labute approximate surface area is 129 Å². The molecule has 0 aliphatic carbocycles. The van der Waals surface area contributed by atoms with Crippen molar-refractivity contribution in [1.82, 2.24) is 0 Å². The summed E-state index contributed by atoms with van der Waals surface area (Å²) < 4.78 is 27.6. The van der Waals surface area contributed by atoms with Gasteiger partial charge in [0.25, 0.3) is 10.0 Å². The summed E-state index contributed by atoms with van der Waals surface area (Å²) in [5.74, 6) is 0. The molecule has 2 rings (SSSR count). The highest BCUT2D eigenvalue weighted by atomic mass is 79.9. The molecule has 1 heterocycles. The van der Waals surface area contributed by atoms with Gasteiger partial charge in [-0.3, -0.25) is 4.72 Å². The Morgan fingerprint density at radius 1 is 1.40 bits per heavy atom. The maximum absolute atomic E-state index is 12.2. The first-order chi connectivity index (χ1) is 9.33. The van der Waals surface area contributed by atoms with Crippen molar-refractivity contribution in [1.29, 1.82) is 5.26 Å². The molecule has 0 atom stereocenters. The van der Waals surface area contributed by atoms with Crippen LogP contribution < -0.4 is 10.5 Å². The normalized spacial score (nSPS) is 11.1. The molecule has 0 amide bonds. The van der Waals surface area contributed by atoms with Gasteiger partial charge in [0.1, 0.15) is 15.2 Å². The number of anilines is 2. The lowest BCUT2D eigenvalue weighted by molar-refractivity contribution is 0.603. The summed E-state index contributed by atoms with van der Waals surface area (Å²) in [6.07, 6.45) is 0. The number of hydrogen-bond acceptors (Lipinski definition) is 5. The van der Waals surface area contributed by atoms with E-state index in [9.17, 15) is 8.42 Å². The van der Waals surface area contributed by atoms with Gasteiger partial charge in [0.15, 0.2) is 0 Å². The zero-order valence-corrected chi connectivity index (χ0v) is 13.6. The summed E-state index contributed by atoms with van der Waals surface area (Å²) in [7, 11) is -3.72. The van der Waals surface area contributed by atoms with Gasteiger partial charge in [-0.15, -0.1) is 11.3 Å². The van der Waals surface area contributed by atoms with Crippen molar-refractivity contribution in [2.24, 2.45) is 0 Å². The molecular weight excluding hydrogens is 362 g/mol. The minimum atomic E-state index is -3.72. The van der Waals surface area contributed by atoms with Crippen molar-refractivity contribution in [3.8, 4) is 6.07 Å². The topological polar surface area (TPSA) is 96.0 Å². The van der Waals surface area contributed by atoms with Crippen molar-refractivity contribution in [3.63, 3.8) is 0 Å². The molecular formula is C12H10BrN3O2S2. The predicted molar refractivity (Wildman–Crippen MR) is 83.1 cm³/mol. The fraction of sp³-hybridized carbons (Fsp3) is 0.0833. The summed E-state index contributed by atoms with van der Waals surface area (Å²) >= 11 is 4.21. The van der Waals surface area contributed by atoms with Crippen LogP contribution in [0.15, 0.2) is 32.9 Å². The SMILES string of the molecule is Cc1cc(Br)c(NS(=O)(=O)c2ccc(C#N)s2)cc1N. The maximum atomic E-state index is 12.2. The summed E-state index contributed by atoms with van der Waals surface area (Å²) in [5.41, 5.74) is 7.48. The third-order valence-corrected chi connectivity index (χ3v) is 6.06. The van der Waals surface area contributed by atoms with Crippen molar-refractivity contribution in [2.75, 3.05) is 10.5 Å². The van der Waals surface area contributed by atoms with Crippen molar-refractivity contribution < 1.29 is 8.42 Å². The van der Waals surface area contributed by atoms with Crippen LogP contribution in [0.3, 0.4) is 0 Å². The second-order valence-electron chi connectivity index (χ2n) is 4.02. The Kier molecular flexibility index (Phi) is 4.04. The van der Waals surface area contributed by atoms with Crippen molar-refractivity contribution in [3.05, 3.63) is 39.2 Å². The highest BCUT2D eigenvalue weighted by Gasteiger charge is 2.18. The monoisotopic (exact) mass is 371 g/mol. The van der Waals surface area contributed by atoms with Gasteiger partial charge in [0, 0.05) is 10.2 Å². The number of nitriles is 1. The average molecular weight is 372 g/mol. The molecule has 20 heavy (non-hydrogen) atoms. The number of rotatable bonds is 3. The van der Waals surface area contributed by atoms with Crippen LogP contribution in [-0.4, -0.2) is 8.42 Å². The van der Waals surface area contributed by atoms with Gasteiger partial charge in [0.2, 0.25) is 0 Å². The number of aryl methyl sites for hydroxylation is 1. The Morgan fingerprint density at radius 2 is 2.10 bits per heavy atom. The van der Waals surface area contributed by atoms with E-state index in [1.165, 1.54) is 12.1 Å². The minimum Gasteiger partial charge on any atom is -0.398 e. The van der Waals surface area contributed by atoms with E-state index in [1.807, 2.05) is 13.0 Å². The van der Waals surface area contributed by atoms with Crippen molar-refractivity contribution >= 4 is 48.7 Å². The molecule has 104 valence electrons. The largest absolute Gasteiger partial charge is 0.398 e. The van der Waals surface area contributed by atoms with Crippen LogP contribution in [0.2, 0.25) is 0 Å². The number of nitrogens with zero attached hydrogens (tertiary/aromatic N) is 1. The highest BCUT2D eigenvalue weighted by molar-refractivity contribution is 9.10. The van der Waals surface area contributed by atoms with Crippen LogP contribution in [0, 0.1) is 18.3 Å². The molecule has 0 radical (unpaired) electrons. The number of nitrogens with two attached hydrogens (primary N) is 1. The van der Waals surface area contributed by atoms with E-state index in [0.717, 1.165) is 16.9 Å². The molecule has 8 heteroatoms. The first-order valence-corrected chi connectivity index (χ1v) is 8.51. The molecule has 0 saturated heterocycles. The number of nitrogens with one attached hydrogen (secondary N) is 1. The van der Waals surface area contributed by atoms with Crippen LogP contribution in [0.1, 0.15) is 10.4 Å². The van der Waals surface area contributed by atoms with Gasteiger partial charge in [-0.25, -0.2) is 8.42 Å². The number of thiophene rings is 1. The molecule has 0 saturated carbocycles. The number of nitrogen functional groups attached to an aromatic ring is 1. The number of benzene rings is 1. The van der Waals surface area contributed by atoms with Crippen molar-refractivity contribution in [2.45, 2.75) is 11.1 Å². The Morgan fingerprint density at radius 3 is 2.70 bits per heavy atom. The molecule has 0 aliphatic rings. The van der Waals surface area contributed by atoms with E-state index in [-0.39, 0.29) is 4.21 Å². The van der Waals surface area contributed by atoms with E-state index in [0.29, 0.717) is 20.7 Å². The predicted octanol–water partition coefficient (Wildman–Crippen LogP) is 3.07. The zero-order chi connectivity index (χ0) is 14.9. The quantitative estimate of drug-likeness (QED) is 0.810. The zero-order valence-electron chi connectivity index (χ0n) is 10.3. The van der Waals surface area contributed by atoms with Crippen LogP contribution in [-0.2, 0) is 10.0 Å². The lowest BCUT2D eigenvalue weighted by Gasteiger charge is -2.10. The third-order valence-electron chi connectivity index (χ3n) is 2.56. The van der Waals surface area contributed by atoms with E-state index >= 15 is 0 Å². The summed E-state index contributed by atoms with van der Waals surface area (Å²) in [4.78, 5) is 0.341. The second kappa shape index (κ2) is 5.44. The third kappa shape index (κ3) is 2.95. The van der Waals surface area contributed by atoms with E-state index in [4.69, 9.17) is 11.0 Å². The second-order valence-corrected chi connectivity index (χ2v) is 7.87. The number of sulfonamides is 1. The molecule has 1 aromatic carbocycles. The van der Waals surface area contributed by atoms with Gasteiger partial charge < -0.3 is 5.73 Å². The van der Waals surface area contributed by atoms with Gasteiger partial charge in [-0.1, -0.05) is 0 Å². The molecule has 0 aliphatic heterocycles. The summed E-state index contributed by atoms with van der Waals surface area (Å²) in [5, 5.41) is 8.74. The van der Waals surface area contributed by atoms with Gasteiger partial charge in [0.05, 0.1) is 5.69 Å². The summed E-state index contributed by atoms with van der Waals surface area (Å²) in [6, 6.07) is 8.07. The summed E-state index contributed by atoms with van der Waals surface area (Å²) in [6.45, 7) is 1.83. The molecule has 2 aromatic rings. The van der Waals surface area contributed by atoms with E-state index in [1.54, 1.807) is 12.1 Å². The lowest BCUT2D eigenvalue weighted by atomic mass is 10.2. The molecule has 1 aromatic heterocycles. The average Bonchev–Trinajstić information content (AvgIpc) is 2.85. The number of halogens is 1. The smallest absolute Gasteiger partial charge is 0.271 e. The molecule has 3 N–H and O–H groups in total. The van der Waals surface area contributed by atoms with Crippen LogP contribution in [0.5, 0.6) is 0 Å². The van der Waals surface area contributed by atoms with Crippen LogP contribution >= 0.6 is 27.3 Å². The molecule has 0 fully saturated rings. The van der Waals surface area contributed by atoms with E-state index < -0.39 is 10.0 Å². The standard InChI is InChI=1S/C12H10BrN3O2S2/c1-7-4-9(13)11(5-10(7)15)16-20(17,18)12-3-2-8(6-14)19-12/h2-5,16H,15H2,1H3. The fourth-order valence-corrected chi connectivity index (χ4v) is 4.35. The fourth-order valence-electron chi connectivity index (χ4n) is 1.49. The molecule has 0 unspecified atom stereocenters. The maximum Gasteiger partial charge on any atom is 0.271 e. The number of hydrogen-bond donors (Lipinski definition) is 2. The first-order valence-electron chi connectivity index (χ1n) is 5.42. The van der Waals surface area contributed by atoms with Gasteiger partial charge in [-0.05, 0) is 52.7 Å². The molecule has 0 bridgehead atoms. The Balaban J connectivity index is 2.38.